The Balaban J connectivity index is 2.14. The molecule has 1 saturated carbocycles. The Morgan fingerprint density at radius 2 is 2.19 bits per heavy atom. The lowest BCUT2D eigenvalue weighted by atomic mass is 9.77. The molecule has 0 spiro atoms. The molecule has 0 aromatic heterocycles. The first kappa shape index (κ1) is 11.5. The minimum Gasteiger partial charge on any atom is -0.323 e. The molecule has 1 aromatic carbocycles. The molecule has 0 saturated heterocycles. The van der Waals surface area contributed by atoms with Crippen LogP contribution < -0.4 is 11.1 Å². The fourth-order valence-electron chi connectivity index (χ4n) is 1.62. The fraction of sp³-hybridized carbons (Fsp3) is 0.364. The minimum atomic E-state index is -0.772. The second kappa shape index (κ2) is 4.14. The molecule has 1 aromatic rings. The van der Waals surface area contributed by atoms with Crippen LogP contribution in [0.4, 0.5) is 10.1 Å². The molecule has 1 aliphatic carbocycles. The fourth-order valence-corrected chi connectivity index (χ4v) is 1.97. The van der Waals surface area contributed by atoms with Crippen molar-refractivity contribution < 1.29 is 9.18 Å². The summed E-state index contributed by atoms with van der Waals surface area (Å²) in [5, 5.41) is 2.64. The van der Waals surface area contributed by atoms with Gasteiger partial charge in [0.15, 0.2) is 0 Å². The molecule has 3 N–H and O–H groups in total. The lowest BCUT2D eigenvalue weighted by Crippen LogP contribution is -2.56. The van der Waals surface area contributed by atoms with Crippen LogP contribution in [0.25, 0.3) is 0 Å². The monoisotopic (exact) mass is 286 g/mol. The first-order valence-corrected chi connectivity index (χ1v) is 5.86. The SMILES string of the molecule is NC1(C(=O)Nc2cc(F)ccc2Br)CCC1. The van der Waals surface area contributed by atoms with Crippen LogP contribution in [0.2, 0.25) is 0 Å². The first-order valence-electron chi connectivity index (χ1n) is 5.07. The van der Waals surface area contributed by atoms with Crippen molar-refractivity contribution in [3.63, 3.8) is 0 Å². The van der Waals surface area contributed by atoms with E-state index in [1.807, 2.05) is 0 Å². The molecular weight excluding hydrogens is 275 g/mol. The summed E-state index contributed by atoms with van der Waals surface area (Å²) in [7, 11) is 0. The molecule has 1 amide bonds. The second-order valence-electron chi connectivity index (χ2n) is 4.09. The highest BCUT2D eigenvalue weighted by atomic mass is 79.9. The number of benzene rings is 1. The van der Waals surface area contributed by atoms with Crippen LogP contribution in [-0.2, 0) is 4.79 Å². The van der Waals surface area contributed by atoms with E-state index >= 15 is 0 Å². The minimum absolute atomic E-state index is 0.245. The lowest BCUT2D eigenvalue weighted by molar-refractivity contribution is -0.123. The Labute approximate surface area is 101 Å². The van der Waals surface area contributed by atoms with Gasteiger partial charge in [0.05, 0.1) is 11.2 Å². The molecule has 5 heteroatoms. The van der Waals surface area contributed by atoms with Gasteiger partial charge in [-0.15, -0.1) is 0 Å². The van der Waals surface area contributed by atoms with Gasteiger partial charge >= 0.3 is 0 Å². The van der Waals surface area contributed by atoms with Crippen LogP contribution >= 0.6 is 15.9 Å². The quantitative estimate of drug-likeness (QED) is 0.877. The third kappa shape index (κ3) is 2.10. The highest BCUT2D eigenvalue weighted by Crippen LogP contribution is 2.31. The van der Waals surface area contributed by atoms with Crippen molar-refractivity contribution in [2.24, 2.45) is 5.73 Å². The maximum absolute atomic E-state index is 13.0. The number of nitrogens with two attached hydrogens (primary N) is 1. The lowest BCUT2D eigenvalue weighted by Gasteiger charge is -2.36. The van der Waals surface area contributed by atoms with E-state index in [4.69, 9.17) is 5.73 Å². The molecule has 0 unspecified atom stereocenters. The Bertz CT molecular complexity index is 432. The van der Waals surface area contributed by atoms with Crippen molar-refractivity contribution in [1.29, 1.82) is 0 Å². The van der Waals surface area contributed by atoms with Crippen LogP contribution in [0.3, 0.4) is 0 Å². The Morgan fingerprint density at radius 1 is 1.50 bits per heavy atom. The van der Waals surface area contributed by atoms with Gasteiger partial charge in [0, 0.05) is 4.47 Å². The maximum Gasteiger partial charge on any atom is 0.244 e. The van der Waals surface area contributed by atoms with Gasteiger partial charge in [0.2, 0.25) is 5.91 Å². The zero-order valence-electron chi connectivity index (χ0n) is 8.59. The summed E-state index contributed by atoms with van der Waals surface area (Å²) in [5.74, 6) is -0.636. The topological polar surface area (TPSA) is 55.1 Å². The molecule has 0 atom stereocenters. The smallest absolute Gasteiger partial charge is 0.244 e. The average molecular weight is 287 g/mol. The number of amides is 1. The van der Waals surface area contributed by atoms with Crippen LogP contribution in [0.15, 0.2) is 22.7 Å². The number of nitrogens with one attached hydrogen (secondary N) is 1. The molecule has 16 heavy (non-hydrogen) atoms. The summed E-state index contributed by atoms with van der Waals surface area (Å²) in [6, 6.07) is 4.14. The van der Waals surface area contributed by atoms with Gasteiger partial charge in [-0.05, 0) is 53.4 Å². The zero-order chi connectivity index (χ0) is 11.8. The predicted octanol–water partition coefficient (Wildman–Crippen LogP) is 2.41. The van der Waals surface area contributed by atoms with E-state index in [0.29, 0.717) is 23.0 Å². The maximum atomic E-state index is 13.0. The van der Waals surface area contributed by atoms with Gasteiger partial charge in [-0.3, -0.25) is 4.79 Å². The summed E-state index contributed by atoms with van der Waals surface area (Å²) in [5.41, 5.74) is 5.51. The van der Waals surface area contributed by atoms with Crippen LogP contribution in [0, 0.1) is 5.82 Å². The van der Waals surface area contributed by atoms with Gasteiger partial charge in [-0.2, -0.15) is 0 Å². The van der Waals surface area contributed by atoms with Crippen molar-refractivity contribution in [3.05, 3.63) is 28.5 Å². The number of hydrogen-bond donors (Lipinski definition) is 2. The number of anilines is 1. The van der Waals surface area contributed by atoms with Crippen LogP contribution in [-0.4, -0.2) is 11.4 Å². The molecule has 1 fully saturated rings. The van der Waals surface area contributed by atoms with Crippen molar-refractivity contribution in [1.82, 2.24) is 0 Å². The van der Waals surface area contributed by atoms with E-state index in [9.17, 15) is 9.18 Å². The first-order chi connectivity index (χ1) is 7.51. The zero-order valence-corrected chi connectivity index (χ0v) is 10.2. The molecule has 1 aliphatic rings. The molecule has 3 nitrogen and oxygen atoms in total. The highest BCUT2D eigenvalue weighted by Gasteiger charge is 2.40. The third-order valence-electron chi connectivity index (χ3n) is 2.87. The molecule has 0 bridgehead atoms. The Morgan fingerprint density at radius 3 is 2.75 bits per heavy atom. The molecule has 86 valence electrons. The summed E-state index contributed by atoms with van der Waals surface area (Å²) >= 11 is 3.24. The van der Waals surface area contributed by atoms with Crippen LogP contribution in [0.1, 0.15) is 19.3 Å². The molecule has 0 radical (unpaired) electrons. The normalized spacial score (nSPS) is 17.7. The Hall–Kier alpha value is -0.940. The molecule has 0 aliphatic heterocycles. The summed E-state index contributed by atoms with van der Waals surface area (Å²) in [6.07, 6.45) is 2.34. The molecule has 2 rings (SSSR count). The van der Waals surface area contributed by atoms with E-state index < -0.39 is 11.4 Å². The van der Waals surface area contributed by atoms with Gasteiger partial charge < -0.3 is 11.1 Å². The molecule has 0 heterocycles. The van der Waals surface area contributed by atoms with E-state index in [1.54, 1.807) is 6.07 Å². The molecular formula is C11H12BrFN2O. The number of carbonyl (C=O) groups is 1. The van der Waals surface area contributed by atoms with Gasteiger partial charge in [0.25, 0.3) is 0 Å². The average Bonchev–Trinajstić information content (AvgIpc) is 2.20. The third-order valence-corrected chi connectivity index (χ3v) is 3.57. The standard InChI is InChI=1S/C11H12BrFN2O/c12-8-3-2-7(13)6-9(8)15-10(16)11(14)4-1-5-11/h2-3,6H,1,4-5,14H2,(H,15,16). The van der Waals surface area contributed by atoms with Gasteiger partial charge in [0.1, 0.15) is 5.82 Å². The number of rotatable bonds is 2. The number of halogens is 2. The van der Waals surface area contributed by atoms with Crippen molar-refractivity contribution >= 4 is 27.5 Å². The second-order valence-corrected chi connectivity index (χ2v) is 4.94. The number of hydrogen-bond acceptors (Lipinski definition) is 2. The number of carbonyl (C=O) groups excluding carboxylic acids is 1. The van der Waals surface area contributed by atoms with E-state index in [2.05, 4.69) is 21.2 Å². The van der Waals surface area contributed by atoms with Gasteiger partial charge in [-0.1, -0.05) is 0 Å². The summed E-state index contributed by atoms with van der Waals surface area (Å²) in [6.45, 7) is 0. The van der Waals surface area contributed by atoms with E-state index in [-0.39, 0.29) is 5.91 Å². The van der Waals surface area contributed by atoms with Crippen LogP contribution in [0.5, 0.6) is 0 Å². The Kier molecular flexibility index (Phi) is 2.99. The highest BCUT2D eigenvalue weighted by molar-refractivity contribution is 9.10. The van der Waals surface area contributed by atoms with Crippen molar-refractivity contribution in [2.75, 3.05) is 5.32 Å². The predicted molar refractivity (Wildman–Crippen MR) is 63.5 cm³/mol. The van der Waals surface area contributed by atoms with E-state index in [0.717, 1.165) is 6.42 Å². The largest absolute Gasteiger partial charge is 0.323 e. The van der Waals surface area contributed by atoms with Gasteiger partial charge in [-0.25, -0.2) is 4.39 Å². The van der Waals surface area contributed by atoms with E-state index in [1.165, 1.54) is 12.1 Å². The van der Waals surface area contributed by atoms with Crippen molar-refractivity contribution in [2.45, 2.75) is 24.8 Å². The van der Waals surface area contributed by atoms with Crippen molar-refractivity contribution in [3.8, 4) is 0 Å². The summed E-state index contributed by atoms with van der Waals surface area (Å²) in [4.78, 5) is 11.8. The summed E-state index contributed by atoms with van der Waals surface area (Å²) < 4.78 is 13.6.